The number of hydrogen-bond donors (Lipinski definition) is 1. The van der Waals surface area contributed by atoms with Crippen LogP contribution in [-0.2, 0) is 0 Å². The van der Waals surface area contributed by atoms with E-state index in [-0.39, 0.29) is 0 Å². The van der Waals surface area contributed by atoms with Crippen LogP contribution < -0.4 is 5.32 Å². The zero-order valence-corrected chi connectivity index (χ0v) is 11.5. The summed E-state index contributed by atoms with van der Waals surface area (Å²) in [5.74, 6) is 1.48. The molecule has 1 aromatic rings. The minimum absolute atomic E-state index is 0.312. The van der Waals surface area contributed by atoms with Crippen LogP contribution in [0.5, 0.6) is 0 Å². The van der Waals surface area contributed by atoms with Crippen molar-refractivity contribution >= 4 is 17.1 Å². The molecule has 2 nitrogen and oxygen atoms in total. The van der Waals surface area contributed by atoms with Crippen LogP contribution in [0.1, 0.15) is 41.4 Å². The van der Waals surface area contributed by atoms with E-state index in [1.54, 1.807) is 11.3 Å². The van der Waals surface area contributed by atoms with Crippen molar-refractivity contribution in [2.75, 3.05) is 13.1 Å². The fraction of sp³-hybridized carbons (Fsp3) is 0.643. The number of carbonyl (C=O) groups excluding carboxylic acids is 1. The van der Waals surface area contributed by atoms with Gasteiger partial charge in [0.25, 0.3) is 0 Å². The first kappa shape index (κ1) is 12.8. The molecule has 0 bridgehead atoms. The van der Waals surface area contributed by atoms with Crippen molar-refractivity contribution in [1.82, 2.24) is 5.32 Å². The third kappa shape index (κ3) is 3.39. The summed E-state index contributed by atoms with van der Waals surface area (Å²) >= 11 is 1.66. The number of nitrogens with one attached hydrogen (secondary N) is 1. The molecule has 1 fully saturated rings. The van der Waals surface area contributed by atoms with Crippen molar-refractivity contribution in [2.24, 2.45) is 11.8 Å². The van der Waals surface area contributed by atoms with E-state index in [0.29, 0.717) is 24.0 Å². The molecule has 0 amide bonds. The van der Waals surface area contributed by atoms with E-state index in [1.807, 2.05) is 11.4 Å². The number of rotatable bonds is 4. The molecular formula is C14H21NOS. The van der Waals surface area contributed by atoms with Crippen molar-refractivity contribution in [3.8, 4) is 0 Å². The molecule has 0 aromatic carbocycles. The third-order valence-corrected chi connectivity index (χ3v) is 4.56. The van der Waals surface area contributed by atoms with Gasteiger partial charge in [-0.2, -0.15) is 0 Å². The number of hydrogen-bond acceptors (Lipinski definition) is 3. The van der Waals surface area contributed by atoms with Gasteiger partial charge in [-0.05, 0) is 50.8 Å². The van der Waals surface area contributed by atoms with Gasteiger partial charge in [-0.25, -0.2) is 0 Å². The molecule has 17 heavy (non-hydrogen) atoms. The quantitative estimate of drug-likeness (QED) is 0.832. The summed E-state index contributed by atoms with van der Waals surface area (Å²) < 4.78 is 0. The van der Waals surface area contributed by atoms with Crippen LogP contribution in [0.15, 0.2) is 11.4 Å². The SMILES string of the molecule is Cc1cc(C(=O)CC(C)C2CCCNC2)cs1. The van der Waals surface area contributed by atoms with E-state index < -0.39 is 0 Å². The van der Waals surface area contributed by atoms with Crippen molar-refractivity contribution < 1.29 is 4.79 Å². The first-order valence-electron chi connectivity index (χ1n) is 6.46. The summed E-state index contributed by atoms with van der Waals surface area (Å²) in [5.41, 5.74) is 0.906. The summed E-state index contributed by atoms with van der Waals surface area (Å²) in [6.45, 7) is 6.49. The highest BCUT2D eigenvalue weighted by Crippen LogP contribution is 2.25. The zero-order chi connectivity index (χ0) is 12.3. The highest BCUT2D eigenvalue weighted by Gasteiger charge is 2.22. The van der Waals surface area contributed by atoms with Crippen LogP contribution >= 0.6 is 11.3 Å². The minimum Gasteiger partial charge on any atom is -0.316 e. The lowest BCUT2D eigenvalue weighted by atomic mass is 9.84. The largest absolute Gasteiger partial charge is 0.316 e. The number of carbonyl (C=O) groups is 1. The lowest BCUT2D eigenvalue weighted by Crippen LogP contribution is -2.33. The van der Waals surface area contributed by atoms with Gasteiger partial charge in [-0.15, -0.1) is 11.3 Å². The van der Waals surface area contributed by atoms with E-state index in [4.69, 9.17) is 0 Å². The Morgan fingerprint density at radius 1 is 1.65 bits per heavy atom. The number of ketones is 1. The lowest BCUT2D eigenvalue weighted by Gasteiger charge is -2.27. The van der Waals surface area contributed by atoms with Crippen LogP contribution in [0.2, 0.25) is 0 Å². The topological polar surface area (TPSA) is 29.1 Å². The molecule has 0 radical (unpaired) electrons. The Kier molecular flexibility index (Phi) is 4.35. The molecular weight excluding hydrogens is 230 g/mol. The maximum Gasteiger partial charge on any atom is 0.163 e. The molecule has 1 N–H and O–H groups in total. The van der Waals surface area contributed by atoms with Gasteiger partial charge >= 0.3 is 0 Å². The van der Waals surface area contributed by atoms with E-state index in [2.05, 4.69) is 19.2 Å². The Morgan fingerprint density at radius 3 is 3.06 bits per heavy atom. The summed E-state index contributed by atoms with van der Waals surface area (Å²) in [4.78, 5) is 13.3. The molecule has 1 aliphatic rings. The van der Waals surface area contributed by atoms with Crippen LogP contribution in [0.3, 0.4) is 0 Å². The Balaban J connectivity index is 1.89. The summed E-state index contributed by atoms with van der Waals surface area (Å²) in [6.07, 6.45) is 3.22. The zero-order valence-electron chi connectivity index (χ0n) is 10.7. The Labute approximate surface area is 107 Å². The molecule has 0 saturated carbocycles. The molecule has 0 spiro atoms. The molecule has 3 heteroatoms. The predicted octanol–water partition coefficient (Wildman–Crippen LogP) is 3.27. The van der Waals surface area contributed by atoms with Crippen molar-refractivity contribution in [2.45, 2.75) is 33.1 Å². The second-order valence-electron chi connectivity index (χ2n) is 5.16. The number of thiophene rings is 1. The standard InChI is InChI=1S/C14H21NOS/c1-10(12-4-3-5-15-8-12)6-14(16)13-7-11(2)17-9-13/h7,9-10,12,15H,3-6,8H2,1-2H3. The number of piperidine rings is 1. The predicted molar refractivity (Wildman–Crippen MR) is 72.8 cm³/mol. The van der Waals surface area contributed by atoms with E-state index in [1.165, 1.54) is 17.7 Å². The molecule has 2 unspecified atom stereocenters. The smallest absolute Gasteiger partial charge is 0.163 e. The van der Waals surface area contributed by atoms with Gasteiger partial charge < -0.3 is 5.32 Å². The fourth-order valence-corrected chi connectivity index (χ4v) is 3.24. The third-order valence-electron chi connectivity index (χ3n) is 3.70. The average molecular weight is 251 g/mol. The van der Waals surface area contributed by atoms with Crippen LogP contribution in [0, 0.1) is 18.8 Å². The van der Waals surface area contributed by atoms with E-state index in [0.717, 1.165) is 18.7 Å². The second kappa shape index (κ2) is 5.78. The highest BCUT2D eigenvalue weighted by molar-refractivity contribution is 7.10. The van der Waals surface area contributed by atoms with E-state index >= 15 is 0 Å². The molecule has 2 atom stereocenters. The molecule has 1 aliphatic heterocycles. The average Bonchev–Trinajstić information content (AvgIpc) is 2.77. The minimum atomic E-state index is 0.312. The molecule has 94 valence electrons. The Bertz CT molecular complexity index is 379. The van der Waals surface area contributed by atoms with Crippen LogP contribution in [0.25, 0.3) is 0 Å². The van der Waals surface area contributed by atoms with Gasteiger partial charge in [-0.1, -0.05) is 6.92 Å². The summed E-state index contributed by atoms with van der Waals surface area (Å²) in [5, 5.41) is 5.41. The number of Topliss-reactive ketones (excluding diaryl/α,β-unsaturated/α-hetero) is 1. The summed E-state index contributed by atoms with van der Waals surface area (Å²) in [6, 6.07) is 2.01. The van der Waals surface area contributed by atoms with Gasteiger partial charge in [0.05, 0.1) is 0 Å². The molecule has 0 aliphatic carbocycles. The van der Waals surface area contributed by atoms with Crippen molar-refractivity contribution in [3.05, 3.63) is 21.9 Å². The highest BCUT2D eigenvalue weighted by atomic mass is 32.1. The van der Waals surface area contributed by atoms with Gasteiger partial charge in [0.15, 0.2) is 5.78 Å². The van der Waals surface area contributed by atoms with E-state index in [9.17, 15) is 4.79 Å². The van der Waals surface area contributed by atoms with Crippen molar-refractivity contribution in [1.29, 1.82) is 0 Å². The molecule has 2 heterocycles. The maximum absolute atomic E-state index is 12.1. The van der Waals surface area contributed by atoms with Gasteiger partial charge in [-0.3, -0.25) is 4.79 Å². The fourth-order valence-electron chi connectivity index (χ4n) is 2.53. The molecule has 1 aromatic heterocycles. The summed E-state index contributed by atoms with van der Waals surface area (Å²) in [7, 11) is 0. The van der Waals surface area contributed by atoms with Gasteiger partial charge in [0.2, 0.25) is 0 Å². The Morgan fingerprint density at radius 2 is 2.47 bits per heavy atom. The monoisotopic (exact) mass is 251 g/mol. The first-order chi connectivity index (χ1) is 8.16. The maximum atomic E-state index is 12.1. The second-order valence-corrected chi connectivity index (χ2v) is 6.27. The van der Waals surface area contributed by atoms with Crippen molar-refractivity contribution in [3.63, 3.8) is 0 Å². The van der Waals surface area contributed by atoms with Gasteiger partial charge in [0.1, 0.15) is 0 Å². The van der Waals surface area contributed by atoms with Crippen LogP contribution in [-0.4, -0.2) is 18.9 Å². The van der Waals surface area contributed by atoms with Crippen LogP contribution in [0.4, 0.5) is 0 Å². The molecule has 2 rings (SSSR count). The normalized spacial score (nSPS) is 22.4. The Hall–Kier alpha value is -0.670. The first-order valence-corrected chi connectivity index (χ1v) is 7.34. The van der Waals surface area contributed by atoms with Gasteiger partial charge in [0, 0.05) is 22.2 Å². The number of aryl methyl sites for hydroxylation is 1. The lowest BCUT2D eigenvalue weighted by molar-refractivity contribution is 0.0943. The molecule has 1 saturated heterocycles.